The number of halogens is 2. The summed E-state index contributed by atoms with van der Waals surface area (Å²) in [7, 11) is 0. The van der Waals surface area contributed by atoms with Gasteiger partial charge < -0.3 is 5.11 Å². The number of para-hydroxylation sites is 1. The van der Waals surface area contributed by atoms with Crippen LogP contribution in [0.5, 0.6) is 0 Å². The number of amides is 1. The van der Waals surface area contributed by atoms with Crippen LogP contribution in [0, 0.1) is 5.82 Å². The first-order valence-electron chi connectivity index (χ1n) is 7.81. The molecule has 2 aromatic carbocycles. The Morgan fingerprint density at radius 3 is 2.46 bits per heavy atom. The summed E-state index contributed by atoms with van der Waals surface area (Å²) >= 11 is 5.88. The zero-order valence-electron chi connectivity index (χ0n) is 13.5. The maximum Gasteiger partial charge on any atom is 0.237 e. The van der Waals surface area contributed by atoms with E-state index in [0.717, 1.165) is 0 Å². The fraction of sp³-hybridized carbons (Fsp3) is 0.316. The molecule has 1 heterocycles. The minimum absolute atomic E-state index is 0.0619. The molecule has 3 nitrogen and oxygen atoms in total. The molecule has 0 fully saturated rings. The largest absolute Gasteiger partial charge is 0.389 e. The van der Waals surface area contributed by atoms with Crippen molar-refractivity contribution in [2.24, 2.45) is 0 Å². The third-order valence-electron chi connectivity index (χ3n) is 4.60. The number of fused-ring (bicyclic) bond motifs is 1. The van der Waals surface area contributed by atoms with E-state index < -0.39 is 23.4 Å². The normalized spacial score (nSPS) is 18.4. The molecule has 24 heavy (non-hydrogen) atoms. The van der Waals surface area contributed by atoms with Crippen LogP contribution in [-0.2, 0) is 10.2 Å². The highest BCUT2D eigenvalue weighted by Gasteiger charge is 2.49. The summed E-state index contributed by atoms with van der Waals surface area (Å²) in [5.41, 5.74) is 0.697. The molecule has 126 valence electrons. The van der Waals surface area contributed by atoms with Gasteiger partial charge in [0.1, 0.15) is 5.82 Å². The van der Waals surface area contributed by atoms with E-state index >= 15 is 0 Å². The number of hydrogen-bond donors (Lipinski definition) is 1. The molecule has 3 rings (SSSR count). The molecule has 1 N–H and O–H groups in total. The fourth-order valence-corrected chi connectivity index (χ4v) is 3.49. The van der Waals surface area contributed by atoms with E-state index in [1.807, 2.05) is 18.2 Å². The van der Waals surface area contributed by atoms with E-state index in [1.54, 1.807) is 38.1 Å². The van der Waals surface area contributed by atoms with Gasteiger partial charge in [0, 0.05) is 0 Å². The van der Waals surface area contributed by atoms with Crippen LogP contribution in [0.15, 0.2) is 48.5 Å². The summed E-state index contributed by atoms with van der Waals surface area (Å²) < 4.78 is 14.6. The lowest BCUT2D eigenvalue weighted by Gasteiger charge is -2.33. The number of aliphatic hydroxyl groups is 1. The number of nitrogens with zero attached hydrogens (tertiary/aromatic N) is 1. The molecule has 0 saturated heterocycles. The van der Waals surface area contributed by atoms with Crippen LogP contribution in [0.3, 0.4) is 0 Å². The van der Waals surface area contributed by atoms with Crippen molar-refractivity contribution in [2.45, 2.75) is 31.4 Å². The molecular formula is C19H19ClFNO2. The Labute approximate surface area is 145 Å². The Morgan fingerprint density at radius 2 is 1.83 bits per heavy atom. The number of rotatable bonds is 4. The lowest BCUT2D eigenvalue weighted by molar-refractivity contribution is -0.123. The molecular weight excluding hydrogens is 329 g/mol. The van der Waals surface area contributed by atoms with Gasteiger partial charge in [-0.2, -0.15) is 0 Å². The predicted molar refractivity (Wildman–Crippen MR) is 92.8 cm³/mol. The second-order valence-corrected chi connectivity index (χ2v) is 6.82. The van der Waals surface area contributed by atoms with Crippen molar-refractivity contribution in [1.29, 1.82) is 0 Å². The Morgan fingerprint density at radius 1 is 1.17 bits per heavy atom. The first-order valence-corrected chi connectivity index (χ1v) is 8.34. The summed E-state index contributed by atoms with van der Waals surface area (Å²) in [6.45, 7) is 3.53. The van der Waals surface area contributed by atoms with Crippen LogP contribution in [-0.4, -0.2) is 23.0 Å². The van der Waals surface area contributed by atoms with Crippen LogP contribution in [0.25, 0.3) is 0 Å². The van der Waals surface area contributed by atoms with Gasteiger partial charge in [-0.25, -0.2) is 4.39 Å². The van der Waals surface area contributed by atoms with Crippen molar-refractivity contribution in [3.63, 3.8) is 0 Å². The van der Waals surface area contributed by atoms with Gasteiger partial charge in [-0.15, -0.1) is 11.6 Å². The van der Waals surface area contributed by atoms with Crippen molar-refractivity contribution < 1.29 is 14.3 Å². The predicted octanol–water partition coefficient (Wildman–Crippen LogP) is 3.79. The highest BCUT2D eigenvalue weighted by Crippen LogP contribution is 2.47. The molecule has 1 aliphatic heterocycles. The van der Waals surface area contributed by atoms with E-state index in [4.69, 9.17) is 11.6 Å². The number of carbonyl (C=O) groups is 1. The molecule has 0 bridgehead atoms. The average Bonchev–Trinajstić information content (AvgIpc) is 2.78. The number of alkyl halides is 1. The van der Waals surface area contributed by atoms with E-state index in [-0.39, 0.29) is 17.5 Å². The second-order valence-electron chi connectivity index (χ2n) is 6.51. The SMILES string of the molecule is CC1(C)C(=O)N([C@@H](c2ccccc2)[C@H](O)CCl)c2c(F)cccc21. The summed E-state index contributed by atoms with van der Waals surface area (Å²) in [5, 5.41) is 10.5. The molecule has 0 aromatic heterocycles. The Kier molecular flexibility index (Phi) is 4.37. The molecule has 0 spiro atoms. The molecule has 0 saturated carbocycles. The molecule has 2 aromatic rings. The third-order valence-corrected chi connectivity index (χ3v) is 4.91. The summed E-state index contributed by atoms with van der Waals surface area (Å²) in [5.74, 6) is -0.789. The van der Waals surface area contributed by atoms with E-state index in [2.05, 4.69) is 0 Å². The molecule has 0 aliphatic carbocycles. The number of anilines is 1. The minimum atomic E-state index is -1.01. The second kappa shape index (κ2) is 6.19. The molecule has 1 amide bonds. The van der Waals surface area contributed by atoms with Gasteiger partial charge in [-0.3, -0.25) is 9.69 Å². The van der Waals surface area contributed by atoms with Crippen molar-refractivity contribution in [3.05, 3.63) is 65.5 Å². The van der Waals surface area contributed by atoms with E-state index in [1.165, 1.54) is 11.0 Å². The third kappa shape index (κ3) is 2.50. The molecule has 0 unspecified atom stereocenters. The minimum Gasteiger partial charge on any atom is -0.389 e. The van der Waals surface area contributed by atoms with Crippen molar-refractivity contribution in [3.8, 4) is 0 Å². The van der Waals surface area contributed by atoms with E-state index in [0.29, 0.717) is 11.1 Å². The van der Waals surface area contributed by atoms with Crippen LogP contribution < -0.4 is 4.90 Å². The number of aliphatic hydroxyl groups excluding tert-OH is 1. The van der Waals surface area contributed by atoms with Gasteiger partial charge in [0.05, 0.1) is 29.1 Å². The maximum atomic E-state index is 14.6. The van der Waals surface area contributed by atoms with Gasteiger partial charge in [-0.05, 0) is 31.0 Å². The summed E-state index contributed by atoms with van der Waals surface area (Å²) in [6.07, 6.45) is -1.01. The van der Waals surface area contributed by atoms with Gasteiger partial charge in [-0.1, -0.05) is 42.5 Å². The first kappa shape index (κ1) is 16.9. The topological polar surface area (TPSA) is 40.5 Å². The number of hydrogen-bond acceptors (Lipinski definition) is 2. The van der Waals surface area contributed by atoms with Crippen LogP contribution in [0.4, 0.5) is 10.1 Å². The van der Waals surface area contributed by atoms with Gasteiger partial charge in [0.15, 0.2) is 0 Å². The van der Waals surface area contributed by atoms with Crippen LogP contribution in [0.2, 0.25) is 0 Å². The fourth-order valence-electron chi connectivity index (χ4n) is 3.33. The zero-order valence-corrected chi connectivity index (χ0v) is 14.3. The van der Waals surface area contributed by atoms with Crippen molar-refractivity contribution in [1.82, 2.24) is 0 Å². The first-order chi connectivity index (χ1) is 11.4. The standard InChI is InChI=1S/C19H19ClFNO2/c1-19(2)13-9-6-10-14(21)17(13)22(18(19)24)16(15(23)11-20)12-7-4-3-5-8-12/h3-10,15-16,23H,11H2,1-2H3/t15-,16+/m1/s1. The Balaban J connectivity index is 2.21. The highest BCUT2D eigenvalue weighted by atomic mass is 35.5. The van der Waals surface area contributed by atoms with Crippen LogP contribution >= 0.6 is 11.6 Å². The average molecular weight is 348 g/mol. The molecule has 5 heteroatoms. The molecule has 2 atom stereocenters. The summed E-state index contributed by atoms with van der Waals surface area (Å²) in [4.78, 5) is 14.4. The lowest BCUT2D eigenvalue weighted by atomic mass is 9.86. The molecule has 1 aliphatic rings. The quantitative estimate of drug-likeness (QED) is 0.855. The smallest absolute Gasteiger partial charge is 0.237 e. The van der Waals surface area contributed by atoms with Crippen molar-refractivity contribution >= 4 is 23.2 Å². The Bertz CT molecular complexity index is 763. The van der Waals surface area contributed by atoms with Gasteiger partial charge in [0.2, 0.25) is 5.91 Å². The number of benzene rings is 2. The highest BCUT2D eigenvalue weighted by molar-refractivity contribution is 6.18. The Hall–Kier alpha value is -1.91. The monoisotopic (exact) mass is 347 g/mol. The van der Waals surface area contributed by atoms with Crippen LogP contribution in [0.1, 0.15) is 31.0 Å². The number of carbonyl (C=O) groups excluding carboxylic acids is 1. The van der Waals surface area contributed by atoms with E-state index in [9.17, 15) is 14.3 Å². The summed E-state index contributed by atoms with van der Waals surface area (Å²) in [6, 6.07) is 13.0. The van der Waals surface area contributed by atoms with Gasteiger partial charge >= 0.3 is 0 Å². The van der Waals surface area contributed by atoms with Gasteiger partial charge in [0.25, 0.3) is 0 Å². The maximum absolute atomic E-state index is 14.6. The molecule has 0 radical (unpaired) electrons. The van der Waals surface area contributed by atoms with Crippen molar-refractivity contribution in [2.75, 3.05) is 10.8 Å². The lowest BCUT2D eigenvalue weighted by Crippen LogP contribution is -2.44. The zero-order chi connectivity index (χ0) is 17.5.